The number of benzene rings is 2. The van der Waals surface area contributed by atoms with E-state index in [1.54, 1.807) is 30.3 Å². The van der Waals surface area contributed by atoms with E-state index in [-0.39, 0.29) is 10.8 Å². The van der Waals surface area contributed by atoms with Crippen LogP contribution in [-0.2, 0) is 10.0 Å². The van der Waals surface area contributed by atoms with Crippen molar-refractivity contribution in [2.45, 2.75) is 4.90 Å². The Balaban J connectivity index is 1.46. The highest BCUT2D eigenvalue weighted by Gasteiger charge is 2.22. The van der Waals surface area contributed by atoms with Crippen molar-refractivity contribution in [2.24, 2.45) is 0 Å². The molecule has 0 aromatic heterocycles. The molecule has 0 bridgehead atoms. The number of rotatable bonds is 4. The van der Waals surface area contributed by atoms with Gasteiger partial charge in [0.2, 0.25) is 0 Å². The van der Waals surface area contributed by atoms with Crippen molar-refractivity contribution in [2.75, 3.05) is 51.2 Å². The summed E-state index contributed by atoms with van der Waals surface area (Å²) in [7, 11) is -1.76. The highest BCUT2D eigenvalue weighted by atomic mass is 32.2. The summed E-state index contributed by atoms with van der Waals surface area (Å²) in [5.74, 6) is 0.897. The van der Waals surface area contributed by atoms with E-state index >= 15 is 0 Å². The predicted octanol–water partition coefficient (Wildman–Crippen LogP) is 1.65. The zero-order valence-corrected chi connectivity index (χ0v) is 16.9. The number of hydrogen-bond acceptors (Lipinski definition) is 6. The van der Waals surface area contributed by atoms with Gasteiger partial charge in [-0.15, -0.1) is 0 Å². The first-order valence-corrected chi connectivity index (χ1v) is 10.9. The van der Waals surface area contributed by atoms with Crippen LogP contribution in [0.15, 0.2) is 47.4 Å². The summed E-state index contributed by atoms with van der Waals surface area (Å²) < 4.78 is 38.8. The van der Waals surface area contributed by atoms with Gasteiger partial charge >= 0.3 is 0 Å². The van der Waals surface area contributed by atoms with Crippen LogP contribution in [0.5, 0.6) is 11.5 Å². The lowest BCUT2D eigenvalue weighted by Gasteiger charge is -2.32. The fourth-order valence-electron chi connectivity index (χ4n) is 3.28. The second kappa shape index (κ2) is 7.92. The molecule has 1 N–H and O–H groups in total. The number of piperazine rings is 1. The lowest BCUT2D eigenvalue weighted by molar-refractivity contribution is 0.0664. The molecule has 1 fully saturated rings. The van der Waals surface area contributed by atoms with E-state index in [9.17, 15) is 13.2 Å². The topological polar surface area (TPSA) is 88.2 Å². The maximum Gasteiger partial charge on any atom is 0.262 e. The number of hydrogen-bond donors (Lipinski definition) is 1. The van der Waals surface area contributed by atoms with E-state index in [0.29, 0.717) is 49.1 Å². The molecule has 0 aliphatic carbocycles. The van der Waals surface area contributed by atoms with Crippen molar-refractivity contribution >= 4 is 21.6 Å². The third-order valence-corrected chi connectivity index (χ3v) is 6.38. The molecule has 4 rings (SSSR count). The maximum atomic E-state index is 12.7. The minimum Gasteiger partial charge on any atom is -0.486 e. The van der Waals surface area contributed by atoms with Crippen LogP contribution >= 0.6 is 0 Å². The second-order valence-electron chi connectivity index (χ2n) is 7.08. The van der Waals surface area contributed by atoms with E-state index in [4.69, 9.17) is 9.47 Å². The molecule has 2 aliphatic rings. The number of anilines is 1. The van der Waals surface area contributed by atoms with Crippen LogP contribution in [0, 0.1) is 0 Å². The first kappa shape index (κ1) is 19.5. The first-order valence-electron chi connectivity index (χ1n) is 9.43. The van der Waals surface area contributed by atoms with E-state index < -0.39 is 10.0 Å². The molecular formula is C20H23N3O5S. The van der Waals surface area contributed by atoms with Crippen molar-refractivity contribution in [3.05, 3.63) is 48.0 Å². The van der Waals surface area contributed by atoms with E-state index in [2.05, 4.69) is 9.62 Å². The molecule has 2 aromatic rings. The quantitative estimate of drug-likeness (QED) is 0.814. The largest absolute Gasteiger partial charge is 0.486 e. The molecule has 2 aliphatic heterocycles. The second-order valence-corrected chi connectivity index (χ2v) is 8.77. The van der Waals surface area contributed by atoms with Gasteiger partial charge in [0.15, 0.2) is 11.5 Å². The smallest absolute Gasteiger partial charge is 0.262 e. The monoisotopic (exact) mass is 417 g/mol. The zero-order valence-electron chi connectivity index (χ0n) is 16.1. The van der Waals surface area contributed by atoms with Gasteiger partial charge in [-0.25, -0.2) is 8.42 Å². The third-order valence-electron chi connectivity index (χ3n) is 5.00. The fourth-order valence-corrected chi connectivity index (χ4v) is 4.35. The van der Waals surface area contributed by atoms with Gasteiger partial charge in [-0.3, -0.25) is 9.52 Å². The van der Waals surface area contributed by atoms with Crippen LogP contribution in [0.3, 0.4) is 0 Å². The van der Waals surface area contributed by atoms with Gasteiger partial charge in [0.25, 0.3) is 15.9 Å². The van der Waals surface area contributed by atoms with Gasteiger partial charge in [0, 0.05) is 43.5 Å². The van der Waals surface area contributed by atoms with Gasteiger partial charge < -0.3 is 19.3 Å². The van der Waals surface area contributed by atoms with Gasteiger partial charge in [-0.05, 0) is 43.4 Å². The summed E-state index contributed by atoms with van der Waals surface area (Å²) in [6.45, 7) is 3.89. The maximum absolute atomic E-state index is 12.7. The van der Waals surface area contributed by atoms with Crippen LogP contribution in [0.4, 0.5) is 5.69 Å². The number of ether oxygens (including phenoxy) is 2. The molecule has 0 atom stereocenters. The number of nitrogens with zero attached hydrogens (tertiary/aromatic N) is 2. The Bertz CT molecular complexity index is 999. The lowest BCUT2D eigenvalue weighted by Crippen LogP contribution is -2.47. The number of carbonyl (C=O) groups excluding carboxylic acids is 1. The summed E-state index contributed by atoms with van der Waals surface area (Å²) in [6.07, 6.45) is 0. The van der Waals surface area contributed by atoms with Crippen molar-refractivity contribution in [3.8, 4) is 11.5 Å². The number of carbonyl (C=O) groups is 1. The van der Waals surface area contributed by atoms with Crippen molar-refractivity contribution in [3.63, 3.8) is 0 Å². The van der Waals surface area contributed by atoms with Gasteiger partial charge in [-0.2, -0.15) is 0 Å². The Morgan fingerprint density at radius 2 is 1.59 bits per heavy atom. The normalized spacial score (nSPS) is 17.1. The molecule has 9 heteroatoms. The van der Waals surface area contributed by atoms with E-state index in [1.165, 1.54) is 12.1 Å². The summed E-state index contributed by atoms with van der Waals surface area (Å²) >= 11 is 0. The molecule has 1 amide bonds. The van der Waals surface area contributed by atoms with Gasteiger partial charge in [-0.1, -0.05) is 0 Å². The van der Waals surface area contributed by atoms with Crippen molar-refractivity contribution < 1.29 is 22.7 Å². The Morgan fingerprint density at radius 3 is 2.28 bits per heavy atom. The first-order chi connectivity index (χ1) is 13.9. The average molecular weight is 417 g/mol. The Labute approximate surface area is 170 Å². The minimum absolute atomic E-state index is 0.0423. The lowest BCUT2D eigenvalue weighted by atomic mass is 10.1. The highest BCUT2D eigenvalue weighted by Crippen LogP contribution is 2.32. The number of amides is 1. The van der Waals surface area contributed by atoms with E-state index in [0.717, 1.165) is 13.1 Å². The molecule has 0 spiro atoms. The zero-order chi connectivity index (χ0) is 20.4. The Hall–Kier alpha value is -2.78. The van der Waals surface area contributed by atoms with Crippen LogP contribution in [0.1, 0.15) is 10.4 Å². The van der Waals surface area contributed by atoms with Gasteiger partial charge in [0.1, 0.15) is 13.2 Å². The minimum atomic E-state index is -3.79. The van der Waals surface area contributed by atoms with Crippen molar-refractivity contribution in [1.29, 1.82) is 0 Å². The summed E-state index contributed by atoms with van der Waals surface area (Å²) in [5.41, 5.74) is 0.923. The predicted molar refractivity (Wildman–Crippen MR) is 108 cm³/mol. The molecule has 154 valence electrons. The number of likely N-dealkylation sites (N-methyl/N-ethyl adjacent to an activating group) is 1. The summed E-state index contributed by atoms with van der Waals surface area (Å²) in [5, 5.41) is 0. The standard InChI is InChI=1S/C20H23N3O5S/c1-22-8-10-23(11-9-22)20(24)15-2-4-16(5-3-15)21-29(25,26)17-6-7-18-19(14-17)28-13-12-27-18/h2-7,14,21H,8-13H2,1H3. The molecule has 1 saturated heterocycles. The van der Waals surface area contributed by atoms with Crippen LogP contribution in [0.25, 0.3) is 0 Å². The van der Waals surface area contributed by atoms with Crippen LogP contribution in [-0.4, -0.2) is 70.6 Å². The average Bonchev–Trinajstić information content (AvgIpc) is 2.74. The summed E-state index contributed by atoms with van der Waals surface area (Å²) in [6, 6.07) is 11.0. The molecule has 2 aromatic carbocycles. The molecule has 29 heavy (non-hydrogen) atoms. The molecule has 2 heterocycles. The third kappa shape index (κ3) is 4.30. The number of fused-ring (bicyclic) bond motifs is 1. The van der Waals surface area contributed by atoms with Gasteiger partial charge in [0.05, 0.1) is 4.90 Å². The Morgan fingerprint density at radius 1 is 0.931 bits per heavy atom. The Kier molecular flexibility index (Phi) is 5.33. The molecule has 0 saturated carbocycles. The summed E-state index contributed by atoms with van der Waals surface area (Å²) in [4.78, 5) is 16.7. The molecule has 8 nitrogen and oxygen atoms in total. The highest BCUT2D eigenvalue weighted by molar-refractivity contribution is 7.92. The molecule has 0 unspecified atom stereocenters. The molecule has 0 radical (unpaired) electrons. The van der Waals surface area contributed by atoms with E-state index in [1.807, 2.05) is 11.9 Å². The molecular weight excluding hydrogens is 394 g/mol. The number of sulfonamides is 1. The fraction of sp³-hybridized carbons (Fsp3) is 0.350. The van der Waals surface area contributed by atoms with Crippen LogP contribution < -0.4 is 14.2 Å². The SMILES string of the molecule is CN1CCN(C(=O)c2ccc(NS(=O)(=O)c3ccc4c(c3)OCCO4)cc2)CC1. The van der Waals surface area contributed by atoms with Crippen LogP contribution in [0.2, 0.25) is 0 Å². The number of nitrogens with one attached hydrogen (secondary N) is 1. The van der Waals surface area contributed by atoms with Crippen molar-refractivity contribution in [1.82, 2.24) is 9.80 Å².